The molecule has 2 N–H and O–H groups in total. The zero-order valence-corrected chi connectivity index (χ0v) is 18.2. The third kappa shape index (κ3) is 4.74. The number of aromatic nitrogens is 3. The van der Waals surface area contributed by atoms with Gasteiger partial charge in [-0.25, -0.2) is 4.98 Å². The van der Waals surface area contributed by atoms with Crippen LogP contribution in [0.4, 0.5) is 0 Å². The molecule has 1 aromatic rings. The summed E-state index contributed by atoms with van der Waals surface area (Å²) in [6, 6.07) is 0. The predicted molar refractivity (Wildman–Crippen MR) is 116 cm³/mol. The van der Waals surface area contributed by atoms with Gasteiger partial charge in [0.25, 0.3) is 0 Å². The van der Waals surface area contributed by atoms with Gasteiger partial charge in [-0.15, -0.1) is 0 Å². The van der Waals surface area contributed by atoms with E-state index in [0.29, 0.717) is 5.92 Å². The number of nitrogens with zero attached hydrogens (tertiary/aromatic N) is 6. The van der Waals surface area contributed by atoms with Crippen LogP contribution in [0.3, 0.4) is 0 Å². The SMILES string of the molecule is CN=C(NCC1(N2CCCCC2)CCN(C)CC1)N1CCC(c2ncn[nH]2)CC1. The molecule has 3 saturated heterocycles. The highest BCUT2D eigenvalue weighted by Crippen LogP contribution is 2.31. The van der Waals surface area contributed by atoms with E-state index in [1.165, 1.54) is 58.3 Å². The lowest BCUT2D eigenvalue weighted by Gasteiger charge is -2.50. The summed E-state index contributed by atoms with van der Waals surface area (Å²) in [6.45, 7) is 7.95. The molecule has 0 aromatic carbocycles. The second-order valence-electron chi connectivity index (χ2n) is 9.11. The first-order valence-electron chi connectivity index (χ1n) is 11.4. The molecule has 3 aliphatic heterocycles. The summed E-state index contributed by atoms with van der Waals surface area (Å²) in [5.41, 5.74) is 0.279. The lowest BCUT2D eigenvalue weighted by molar-refractivity contribution is 0.0168. The van der Waals surface area contributed by atoms with E-state index in [4.69, 9.17) is 0 Å². The minimum Gasteiger partial charge on any atom is -0.354 e. The van der Waals surface area contributed by atoms with E-state index in [9.17, 15) is 0 Å². The van der Waals surface area contributed by atoms with E-state index in [2.05, 4.69) is 47.2 Å². The number of rotatable bonds is 4. The van der Waals surface area contributed by atoms with E-state index < -0.39 is 0 Å². The fourth-order valence-electron chi connectivity index (χ4n) is 5.36. The largest absolute Gasteiger partial charge is 0.354 e. The highest BCUT2D eigenvalue weighted by Gasteiger charge is 2.40. The Bertz CT molecular complexity index is 636. The predicted octanol–water partition coefficient (Wildman–Crippen LogP) is 1.51. The van der Waals surface area contributed by atoms with Crippen molar-refractivity contribution in [3.8, 4) is 0 Å². The summed E-state index contributed by atoms with van der Waals surface area (Å²) >= 11 is 0. The summed E-state index contributed by atoms with van der Waals surface area (Å²) < 4.78 is 0. The lowest BCUT2D eigenvalue weighted by Crippen LogP contribution is -2.62. The van der Waals surface area contributed by atoms with Crippen molar-refractivity contribution in [2.75, 3.05) is 59.9 Å². The van der Waals surface area contributed by atoms with Crippen molar-refractivity contribution in [3.05, 3.63) is 12.2 Å². The Morgan fingerprint density at radius 1 is 1.14 bits per heavy atom. The first kappa shape index (κ1) is 20.6. The van der Waals surface area contributed by atoms with Crippen molar-refractivity contribution in [2.24, 2.45) is 4.99 Å². The van der Waals surface area contributed by atoms with Crippen LogP contribution in [-0.4, -0.2) is 101 Å². The Balaban J connectivity index is 1.36. The number of hydrogen-bond donors (Lipinski definition) is 2. The molecule has 0 saturated carbocycles. The molecule has 0 spiro atoms. The van der Waals surface area contributed by atoms with Crippen molar-refractivity contribution >= 4 is 5.96 Å². The van der Waals surface area contributed by atoms with E-state index in [0.717, 1.165) is 44.3 Å². The van der Waals surface area contributed by atoms with E-state index in [1.807, 2.05) is 7.05 Å². The van der Waals surface area contributed by atoms with Crippen molar-refractivity contribution in [1.82, 2.24) is 35.2 Å². The smallest absolute Gasteiger partial charge is 0.193 e. The van der Waals surface area contributed by atoms with Gasteiger partial charge in [-0.05, 0) is 71.8 Å². The summed E-state index contributed by atoms with van der Waals surface area (Å²) in [4.78, 5) is 16.7. The number of hydrogen-bond acceptors (Lipinski definition) is 5. The maximum absolute atomic E-state index is 4.64. The van der Waals surface area contributed by atoms with Crippen LogP contribution in [0.25, 0.3) is 0 Å². The van der Waals surface area contributed by atoms with E-state index in [1.54, 1.807) is 6.33 Å². The fourth-order valence-corrected chi connectivity index (χ4v) is 5.36. The molecule has 1 aromatic heterocycles. The van der Waals surface area contributed by atoms with Crippen molar-refractivity contribution in [2.45, 2.75) is 56.4 Å². The second-order valence-corrected chi connectivity index (χ2v) is 9.11. The summed E-state index contributed by atoms with van der Waals surface area (Å²) in [5, 5.41) is 10.8. The molecule has 0 aliphatic carbocycles. The van der Waals surface area contributed by atoms with Gasteiger partial charge in [0.15, 0.2) is 5.96 Å². The minimum absolute atomic E-state index is 0.279. The van der Waals surface area contributed by atoms with Crippen molar-refractivity contribution < 1.29 is 0 Å². The zero-order valence-electron chi connectivity index (χ0n) is 18.2. The number of nitrogens with one attached hydrogen (secondary N) is 2. The molecular weight excluding hydrogens is 364 g/mol. The van der Waals surface area contributed by atoms with Gasteiger partial charge in [0, 0.05) is 38.1 Å². The Hall–Kier alpha value is -1.67. The van der Waals surface area contributed by atoms with Crippen LogP contribution in [0.5, 0.6) is 0 Å². The maximum atomic E-state index is 4.64. The summed E-state index contributed by atoms with van der Waals surface area (Å²) in [7, 11) is 4.18. The molecule has 3 aliphatic rings. The average Bonchev–Trinajstić information content (AvgIpc) is 3.32. The molecule has 162 valence electrons. The summed E-state index contributed by atoms with van der Waals surface area (Å²) in [5.74, 6) is 2.58. The topological polar surface area (TPSA) is 75.7 Å². The van der Waals surface area contributed by atoms with Gasteiger partial charge in [-0.2, -0.15) is 5.10 Å². The standard InChI is InChI=1S/C21H38N8/c1-22-20(28-12-6-18(7-13-28)19-24-17-25-26-19)23-16-21(8-14-27(2)15-9-21)29-10-4-3-5-11-29/h17-18H,3-16H2,1-2H3,(H,22,23)(H,24,25,26). The van der Waals surface area contributed by atoms with Crippen LogP contribution in [0.1, 0.15) is 56.7 Å². The second kappa shape index (κ2) is 9.43. The third-order valence-corrected chi connectivity index (χ3v) is 7.35. The number of H-pyrrole nitrogens is 1. The van der Waals surface area contributed by atoms with Crippen molar-refractivity contribution in [3.63, 3.8) is 0 Å². The molecule has 0 unspecified atom stereocenters. The molecule has 0 radical (unpaired) electrons. The van der Waals surface area contributed by atoms with Gasteiger partial charge >= 0.3 is 0 Å². The van der Waals surface area contributed by atoms with Gasteiger partial charge < -0.3 is 15.1 Å². The average molecular weight is 403 g/mol. The molecule has 29 heavy (non-hydrogen) atoms. The Labute approximate surface area is 175 Å². The molecule has 0 bridgehead atoms. The van der Waals surface area contributed by atoms with Crippen LogP contribution >= 0.6 is 0 Å². The Kier molecular flexibility index (Phi) is 6.70. The normalized spacial score (nSPS) is 25.3. The quantitative estimate of drug-likeness (QED) is 0.587. The number of aromatic amines is 1. The van der Waals surface area contributed by atoms with E-state index >= 15 is 0 Å². The molecule has 0 amide bonds. The van der Waals surface area contributed by atoms with Gasteiger partial charge in [0.1, 0.15) is 12.2 Å². The van der Waals surface area contributed by atoms with Crippen LogP contribution in [0.15, 0.2) is 11.3 Å². The lowest BCUT2D eigenvalue weighted by atomic mass is 9.84. The first-order chi connectivity index (χ1) is 14.2. The first-order valence-corrected chi connectivity index (χ1v) is 11.4. The fraction of sp³-hybridized carbons (Fsp3) is 0.857. The highest BCUT2D eigenvalue weighted by atomic mass is 15.3. The van der Waals surface area contributed by atoms with Gasteiger partial charge in [-0.3, -0.25) is 15.0 Å². The molecular formula is C21H38N8. The minimum atomic E-state index is 0.279. The molecule has 4 rings (SSSR count). The number of piperidine rings is 3. The Morgan fingerprint density at radius 3 is 2.48 bits per heavy atom. The molecule has 8 nitrogen and oxygen atoms in total. The Morgan fingerprint density at radius 2 is 1.86 bits per heavy atom. The zero-order chi connectivity index (χ0) is 20.1. The molecule has 8 heteroatoms. The third-order valence-electron chi connectivity index (χ3n) is 7.35. The maximum Gasteiger partial charge on any atom is 0.193 e. The highest BCUT2D eigenvalue weighted by molar-refractivity contribution is 5.80. The summed E-state index contributed by atoms with van der Waals surface area (Å²) in [6.07, 6.45) is 10.4. The molecule has 0 atom stereocenters. The van der Waals surface area contributed by atoms with Gasteiger partial charge in [0.05, 0.1) is 0 Å². The number of guanidine groups is 1. The molecule has 4 heterocycles. The molecule has 3 fully saturated rings. The number of aliphatic imine (C=N–C) groups is 1. The van der Waals surface area contributed by atoms with Crippen LogP contribution in [0, 0.1) is 0 Å². The van der Waals surface area contributed by atoms with Gasteiger partial charge in [0.2, 0.25) is 0 Å². The van der Waals surface area contributed by atoms with Crippen LogP contribution in [-0.2, 0) is 0 Å². The van der Waals surface area contributed by atoms with Crippen LogP contribution < -0.4 is 5.32 Å². The number of likely N-dealkylation sites (tertiary alicyclic amines) is 3. The monoisotopic (exact) mass is 402 g/mol. The van der Waals surface area contributed by atoms with Crippen molar-refractivity contribution in [1.29, 1.82) is 0 Å². The van der Waals surface area contributed by atoms with Crippen LogP contribution in [0.2, 0.25) is 0 Å². The van der Waals surface area contributed by atoms with E-state index in [-0.39, 0.29) is 5.54 Å². The van der Waals surface area contributed by atoms with Gasteiger partial charge in [-0.1, -0.05) is 6.42 Å².